The van der Waals surface area contributed by atoms with Crippen LogP contribution in [0, 0.1) is 5.82 Å². The molecule has 0 spiro atoms. The summed E-state index contributed by atoms with van der Waals surface area (Å²) in [5, 5.41) is 0. The normalized spacial score (nSPS) is 10.7. The molecule has 0 saturated carbocycles. The number of nitrogens with zero attached hydrogens (tertiary/aromatic N) is 2. The van der Waals surface area contributed by atoms with Crippen LogP contribution in [0.1, 0.15) is 24.3 Å². The van der Waals surface area contributed by atoms with Gasteiger partial charge in [0.15, 0.2) is 5.69 Å². The van der Waals surface area contributed by atoms with E-state index in [0.717, 1.165) is 0 Å². The van der Waals surface area contributed by atoms with Gasteiger partial charge in [-0.1, -0.05) is 0 Å². The Labute approximate surface area is 104 Å². The van der Waals surface area contributed by atoms with E-state index in [1.807, 2.05) is 0 Å². The molecule has 0 saturated heterocycles. The Balaban J connectivity index is 2.33. The van der Waals surface area contributed by atoms with E-state index in [9.17, 15) is 9.18 Å². The maximum absolute atomic E-state index is 12.8. The van der Waals surface area contributed by atoms with Gasteiger partial charge < -0.3 is 4.74 Å². The summed E-state index contributed by atoms with van der Waals surface area (Å²) in [5.41, 5.74) is 0.972. The lowest BCUT2D eigenvalue weighted by molar-refractivity contribution is 0.0368. The van der Waals surface area contributed by atoms with Gasteiger partial charge in [0.2, 0.25) is 0 Å². The zero-order valence-corrected chi connectivity index (χ0v) is 10.1. The number of hydrogen-bond donors (Lipinski definition) is 0. The Morgan fingerprint density at radius 2 is 2.00 bits per heavy atom. The third kappa shape index (κ3) is 2.56. The largest absolute Gasteiger partial charge is 0.458 e. The average molecular weight is 248 g/mol. The number of hydrogen-bond acceptors (Lipinski definition) is 3. The van der Waals surface area contributed by atoms with Crippen molar-refractivity contribution in [2.24, 2.45) is 0 Å². The second-order valence-corrected chi connectivity index (χ2v) is 4.08. The highest BCUT2D eigenvalue weighted by Crippen LogP contribution is 2.13. The van der Waals surface area contributed by atoms with Gasteiger partial charge in [-0.3, -0.25) is 4.57 Å². The highest BCUT2D eigenvalue weighted by molar-refractivity contribution is 5.88. The van der Waals surface area contributed by atoms with Crippen molar-refractivity contribution in [2.45, 2.75) is 20.0 Å². The molecule has 0 aliphatic heterocycles. The van der Waals surface area contributed by atoms with Crippen molar-refractivity contribution in [1.82, 2.24) is 9.55 Å². The maximum Gasteiger partial charge on any atom is 0.357 e. The number of rotatable bonds is 3. The molecule has 0 atom stereocenters. The van der Waals surface area contributed by atoms with Gasteiger partial charge in [-0.25, -0.2) is 14.2 Å². The van der Waals surface area contributed by atoms with Crippen LogP contribution in [0.5, 0.6) is 0 Å². The maximum atomic E-state index is 12.8. The highest BCUT2D eigenvalue weighted by Gasteiger charge is 2.15. The summed E-state index contributed by atoms with van der Waals surface area (Å²) in [6.45, 7) is 3.55. The Hall–Kier alpha value is -2.17. The van der Waals surface area contributed by atoms with Gasteiger partial charge in [-0.2, -0.15) is 0 Å². The van der Waals surface area contributed by atoms with E-state index < -0.39 is 5.97 Å². The molecule has 1 heterocycles. The van der Waals surface area contributed by atoms with Crippen LogP contribution in [0.3, 0.4) is 0 Å². The fourth-order valence-electron chi connectivity index (χ4n) is 1.53. The Kier molecular flexibility index (Phi) is 3.41. The molecule has 0 aliphatic carbocycles. The van der Waals surface area contributed by atoms with Gasteiger partial charge in [0.05, 0.1) is 18.6 Å². The topological polar surface area (TPSA) is 44.1 Å². The minimum absolute atomic E-state index is 0.200. The minimum atomic E-state index is -0.452. The van der Waals surface area contributed by atoms with Crippen LogP contribution in [0.2, 0.25) is 0 Å². The third-order valence-electron chi connectivity index (χ3n) is 2.30. The van der Waals surface area contributed by atoms with E-state index >= 15 is 0 Å². The molecule has 0 fully saturated rings. The van der Waals surface area contributed by atoms with Crippen LogP contribution in [0.4, 0.5) is 4.39 Å². The fourth-order valence-corrected chi connectivity index (χ4v) is 1.53. The molecule has 94 valence electrons. The van der Waals surface area contributed by atoms with Crippen LogP contribution in [0.25, 0.3) is 5.69 Å². The summed E-state index contributed by atoms with van der Waals surface area (Å²) in [6.07, 6.45) is 2.71. The van der Waals surface area contributed by atoms with E-state index in [1.54, 1.807) is 30.5 Å². The summed E-state index contributed by atoms with van der Waals surface area (Å²) in [5.74, 6) is -0.781. The predicted octanol–water partition coefficient (Wildman–Crippen LogP) is 2.58. The molecule has 0 radical (unpaired) electrons. The minimum Gasteiger partial charge on any atom is -0.458 e. The number of imidazole rings is 1. The number of benzene rings is 1. The Bertz CT molecular complexity index is 546. The number of halogens is 1. The monoisotopic (exact) mass is 248 g/mol. The molecular weight excluding hydrogens is 235 g/mol. The molecule has 0 amide bonds. The molecule has 0 N–H and O–H groups in total. The fraction of sp³-hybridized carbons (Fsp3) is 0.231. The number of esters is 1. The number of aromatic nitrogens is 2. The molecule has 5 heteroatoms. The molecule has 0 bridgehead atoms. The average Bonchev–Trinajstić information content (AvgIpc) is 2.78. The lowest BCUT2D eigenvalue weighted by Crippen LogP contribution is -2.15. The van der Waals surface area contributed by atoms with Crippen LogP contribution >= 0.6 is 0 Å². The molecule has 18 heavy (non-hydrogen) atoms. The van der Waals surface area contributed by atoms with Crippen molar-refractivity contribution < 1.29 is 13.9 Å². The summed E-state index contributed by atoms with van der Waals surface area (Å²) < 4.78 is 19.5. The first-order valence-electron chi connectivity index (χ1n) is 5.57. The smallest absolute Gasteiger partial charge is 0.357 e. The summed E-state index contributed by atoms with van der Waals surface area (Å²) in [7, 11) is 0. The van der Waals surface area contributed by atoms with Crippen molar-refractivity contribution >= 4 is 5.97 Å². The number of carbonyl (C=O) groups is 1. The third-order valence-corrected chi connectivity index (χ3v) is 2.30. The lowest BCUT2D eigenvalue weighted by atomic mass is 10.3. The lowest BCUT2D eigenvalue weighted by Gasteiger charge is -2.10. The zero-order chi connectivity index (χ0) is 13.1. The van der Waals surface area contributed by atoms with Gasteiger partial charge in [0.25, 0.3) is 0 Å². The van der Waals surface area contributed by atoms with E-state index in [4.69, 9.17) is 4.74 Å². The first-order valence-corrected chi connectivity index (χ1v) is 5.57. The molecule has 1 aromatic carbocycles. The standard InChI is InChI=1S/C13H13FN2O2/c1-9(2)18-13(17)12-7-15-8-16(12)11-5-3-10(14)4-6-11/h3-9H,1-2H3. The molecule has 0 aliphatic rings. The molecular formula is C13H13FN2O2. The second kappa shape index (κ2) is 5.00. The van der Waals surface area contributed by atoms with Gasteiger partial charge in [0.1, 0.15) is 5.82 Å². The van der Waals surface area contributed by atoms with E-state index in [0.29, 0.717) is 11.4 Å². The van der Waals surface area contributed by atoms with Gasteiger partial charge in [0, 0.05) is 5.69 Å². The van der Waals surface area contributed by atoms with Gasteiger partial charge >= 0.3 is 5.97 Å². The highest BCUT2D eigenvalue weighted by atomic mass is 19.1. The Morgan fingerprint density at radius 1 is 1.33 bits per heavy atom. The van der Waals surface area contributed by atoms with Crippen molar-refractivity contribution in [3.63, 3.8) is 0 Å². The zero-order valence-electron chi connectivity index (χ0n) is 10.1. The molecule has 0 unspecified atom stereocenters. The van der Waals surface area contributed by atoms with E-state index in [1.165, 1.54) is 24.7 Å². The van der Waals surface area contributed by atoms with Crippen molar-refractivity contribution in [3.05, 3.63) is 48.3 Å². The quantitative estimate of drug-likeness (QED) is 0.784. The van der Waals surface area contributed by atoms with Crippen LogP contribution < -0.4 is 0 Å². The molecule has 2 rings (SSSR count). The van der Waals surface area contributed by atoms with Gasteiger partial charge in [-0.15, -0.1) is 0 Å². The first-order chi connectivity index (χ1) is 8.58. The van der Waals surface area contributed by atoms with Crippen LogP contribution in [-0.2, 0) is 4.74 Å². The molecule has 1 aromatic heterocycles. The van der Waals surface area contributed by atoms with Gasteiger partial charge in [-0.05, 0) is 38.1 Å². The Morgan fingerprint density at radius 3 is 2.61 bits per heavy atom. The first kappa shape index (κ1) is 12.3. The summed E-state index contributed by atoms with van der Waals surface area (Å²) in [4.78, 5) is 15.7. The molecule has 4 nitrogen and oxygen atoms in total. The number of ether oxygens (including phenoxy) is 1. The molecule has 2 aromatic rings. The van der Waals surface area contributed by atoms with Crippen LogP contribution in [-0.4, -0.2) is 21.6 Å². The predicted molar refractivity (Wildman–Crippen MR) is 64.1 cm³/mol. The number of carbonyl (C=O) groups excluding carboxylic acids is 1. The summed E-state index contributed by atoms with van der Waals surface area (Å²) >= 11 is 0. The van der Waals surface area contributed by atoms with Crippen molar-refractivity contribution in [1.29, 1.82) is 0 Å². The van der Waals surface area contributed by atoms with E-state index in [2.05, 4.69) is 4.98 Å². The van der Waals surface area contributed by atoms with Crippen molar-refractivity contribution in [3.8, 4) is 5.69 Å². The SMILES string of the molecule is CC(C)OC(=O)c1cncn1-c1ccc(F)cc1. The summed E-state index contributed by atoms with van der Waals surface area (Å²) in [6, 6.07) is 5.80. The second-order valence-electron chi connectivity index (χ2n) is 4.08. The van der Waals surface area contributed by atoms with Crippen LogP contribution in [0.15, 0.2) is 36.8 Å². The van der Waals surface area contributed by atoms with E-state index in [-0.39, 0.29) is 11.9 Å². The van der Waals surface area contributed by atoms with Crippen molar-refractivity contribution in [2.75, 3.05) is 0 Å².